The summed E-state index contributed by atoms with van der Waals surface area (Å²) in [5.41, 5.74) is 4.80. The number of rotatable bonds is 4. The first-order valence-corrected chi connectivity index (χ1v) is 6.63. The highest BCUT2D eigenvalue weighted by molar-refractivity contribution is 7.80. The van der Waals surface area contributed by atoms with Crippen LogP contribution in [0.3, 0.4) is 0 Å². The van der Waals surface area contributed by atoms with E-state index in [2.05, 4.69) is 16.2 Å². The van der Waals surface area contributed by atoms with Gasteiger partial charge >= 0.3 is 0 Å². The number of ether oxygens (including phenoxy) is 1. The smallest absolute Gasteiger partial charge is 0.276 e. The molecule has 1 aliphatic carbocycles. The van der Waals surface area contributed by atoms with E-state index in [1.807, 2.05) is 18.2 Å². The lowest BCUT2D eigenvalue weighted by Gasteiger charge is -2.11. The Bertz CT molecular complexity index is 503. The van der Waals surface area contributed by atoms with Crippen LogP contribution in [0.1, 0.15) is 12.8 Å². The van der Waals surface area contributed by atoms with Crippen molar-refractivity contribution in [3.8, 4) is 5.75 Å². The Morgan fingerprint density at radius 3 is 2.55 bits per heavy atom. The molecular weight excluding hydrogens is 278 g/mol. The van der Waals surface area contributed by atoms with Crippen LogP contribution in [0.4, 0.5) is 0 Å². The number of carbonyl (C=O) groups excluding carboxylic acids is 2. The molecule has 1 aromatic carbocycles. The molecule has 20 heavy (non-hydrogen) atoms. The maximum atomic E-state index is 11.5. The molecule has 0 atom stereocenters. The van der Waals surface area contributed by atoms with E-state index in [9.17, 15) is 9.59 Å². The van der Waals surface area contributed by atoms with Gasteiger partial charge in [-0.15, -0.1) is 0 Å². The molecule has 3 N–H and O–H groups in total. The Hall–Kier alpha value is -2.15. The molecule has 1 fully saturated rings. The molecule has 1 aromatic rings. The van der Waals surface area contributed by atoms with Crippen LogP contribution < -0.4 is 20.9 Å². The minimum absolute atomic E-state index is 0.0619. The summed E-state index contributed by atoms with van der Waals surface area (Å²) in [7, 11) is 0. The van der Waals surface area contributed by atoms with E-state index < -0.39 is 5.91 Å². The molecule has 0 aliphatic heterocycles. The summed E-state index contributed by atoms with van der Waals surface area (Å²) in [4.78, 5) is 22.9. The molecule has 0 radical (unpaired) electrons. The number of amides is 2. The van der Waals surface area contributed by atoms with E-state index in [4.69, 9.17) is 17.0 Å². The van der Waals surface area contributed by atoms with Crippen molar-refractivity contribution < 1.29 is 14.3 Å². The number of para-hydroxylation sites is 1. The summed E-state index contributed by atoms with van der Waals surface area (Å²) in [6.45, 7) is -0.143. The van der Waals surface area contributed by atoms with Gasteiger partial charge in [0.25, 0.3) is 5.91 Å². The fourth-order valence-electron chi connectivity index (χ4n) is 1.42. The van der Waals surface area contributed by atoms with Gasteiger partial charge in [-0.05, 0) is 37.2 Å². The Labute approximate surface area is 121 Å². The van der Waals surface area contributed by atoms with Crippen molar-refractivity contribution in [3.05, 3.63) is 30.3 Å². The molecule has 0 heterocycles. The molecule has 2 amide bonds. The number of carbonyl (C=O) groups is 2. The number of hydrogen-bond acceptors (Lipinski definition) is 4. The van der Waals surface area contributed by atoms with Gasteiger partial charge < -0.3 is 10.1 Å². The van der Waals surface area contributed by atoms with E-state index in [-0.39, 0.29) is 23.5 Å². The summed E-state index contributed by atoms with van der Waals surface area (Å²) in [5, 5.41) is 2.58. The van der Waals surface area contributed by atoms with Crippen molar-refractivity contribution in [3.63, 3.8) is 0 Å². The lowest BCUT2D eigenvalue weighted by atomic mass is 10.3. The normalized spacial score (nSPS) is 13.2. The van der Waals surface area contributed by atoms with Gasteiger partial charge in [-0.25, -0.2) is 0 Å². The SMILES string of the molecule is O=C(COc1ccccc1)NNC(=S)NC(=O)C1CC1. The number of nitrogens with one attached hydrogen (secondary N) is 3. The molecule has 0 unspecified atom stereocenters. The summed E-state index contributed by atoms with van der Waals surface area (Å²) in [5.74, 6) is 0.160. The highest BCUT2D eigenvalue weighted by Crippen LogP contribution is 2.28. The van der Waals surface area contributed by atoms with Crippen molar-refractivity contribution >= 4 is 29.1 Å². The van der Waals surface area contributed by atoms with Crippen LogP contribution in [-0.2, 0) is 9.59 Å². The van der Waals surface area contributed by atoms with Crippen molar-refractivity contribution in [2.45, 2.75) is 12.8 Å². The fraction of sp³-hybridized carbons (Fsp3) is 0.308. The maximum Gasteiger partial charge on any atom is 0.276 e. The summed E-state index contributed by atoms with van der Waals surface area (Å²) in [6, 6.07) is 8.99. The van der Waals surface area contributed by atoms with Crippen LogP contribution in [0.25, 0.3) is 0 Å². The molecule has 0 bridgehead atoms. The highest BCUT2D eigenvalue weighted by atomic mass is 32.1. The molecule has 0 saturated heterocycles. The molecule has 7 heteroatoms. The van der Waals surface area contributed by atoms with Crippen LogP contribution in [0, 0.1) is 5.92 Å². The lowest BCUT2D eigenvalue weighted by molar-refractivity contribution is -0.124. The number of thiocarbonyl (C=S) groups is 1. The first-order chi connectivity index (χ1) is 9.65. The fourth-order valence-corrected chi connectivity index (χ4v) is 1.57. The molecule has 6 nitrogen and oxygen atoms in total. The first-order valence-electron chi connectivity index (χ1n) is 6.22. The monoisotopic (exact) mass is 293 g/mol. The van der Waals surface area contributed by atoms with E-state index in [1.54, 1.807) is 12.1 Å². The Morgan fingerprint density at radius 2 is 1.90 bits per heavy atom. The second-order valence-corrected chi connectivity index (χ2v) is 4.78. The van der Waals surface area contributed by atoms with Crippen LogP contribution >= 0.6 is 12.2 Å². The minimum atomic E-state index is -0.392. The zero-order valence-corrected chi connectivity index (χ0v) is 11.5. The van der Waals surface area contributed by atoms with Gasteiger partial charge in [-0.2, -0.15) is 0 Å². The second kappa shape index (κ2) is 6.85. The van der Waals surface area contributed by atoms with Crippen molar-refractivity contribution in [1.29, 1.82) is 0 Å². The molecule has 0 spiro atoms. The average Bonchev–Trinajstić information content (AvgIpc) is 3.28. The van der Waals surface area contributed by atoms with Gasteiger partial charge in [0.1, 0.15) is 5.75 Å². The van der Waals surface area contributed by atoms with Gasteiger partial charge in [0.2, 0.25) is 5.91 Å². The van der Waals surface area contributed by atoms with Crippen LogP contribution in [0.5, 0.6) is 5.75 Å². The van der Waals surface area contributed by atoms with E-state index in [0.717, 1.165) is 12.8 Å². The molecule has 1 aliphatic rings. The quantitative estimate of drug-likeness (QED) is 0.556. The van der Waals surface area contributed by atoms with Gasteiger partial charge in [-0.1, -0.05) is 18.2 Å². The standard InChI is InChI=1S/C13H15N3O3S/c17-11(8-19-10-4-2-1-3-5-10)15-16-13(20)14-12(18)9-6-7-9/h1-5,9H,6-8H2,(H,15,17)(H2,14,16,18,20). The summed E-state index contributed by atoms with van der Waals surface area (Å²) in [6.07, 6.45) is 1.79. The van der Waals surface area contributed by atoms with Gasteiger partial charge in [-0.3, -0.25) is 20.4 Å². The Kier molecular flexibility index (Phi) is 4.89. The third kappa shape index (κ3) is 4.85. The molecule has 2 rings (SSSR count). The molecule has 0 aromatic heterocycles. The van der Waals surface area contributed by atoms with Crippen molar-refractivity contribution in [1.82, 2.24) is 16.2 Å². The summed E-state index contributed by atoms with van der Waals surface area (Å²) >= 11 is 4.87. The van der Waals surface area contributed by atoms with E-state index in [0.29, 0.717) is 5.75 Å². The maximum absolute atomic E-state index is 11.5. The largest absolute Gasteiger partial charge is 0.484 e. The van der Waals surface area contributed by atoms with Gasteiger partial charge in [0.15, 0.2) is 11.7 Å². The van der Waals surface area contributed by atoms with Gasteiger partial charge in [0, 0.05) is 5.92 Å². The zero-order valence-electron chi connectivity index (χ0n) is 10.7. The Morgan fingerprint density at radius 1 is 1.20 bits per heavy atom. The number of hydrazine groups is 1. The third-order valence-corrected chi connectivity index (χ3v) is 2.82. The van der Waals surface area contributed by atoms with Crippen molar-refractivity contribution in [2.75, 3.05) is 6.61 Å². The van der Waals surface area contributed by atoms with E-state index in [1.165, 1.54) is 0 Å². The Balaban J connectivity index is 1.62. The van der Waals surface area contributed by atoms with Gasteiger partial charge in [0.05, 0.1) is 0 Å². The zero-order chi connectivity index (χ0) is 14.4. The van der Waals surface area contributed by atoms with Crippen LogP contribution in [0.2, 0.25) is 0 Å². The highest BCUT2D eigenvalue weighted by Gasteiger charge is 2.30. The molecular formula is C13H15N3O3S. The second-order valence-electron chi connectivity index (χ2n) is 4.37. The number of benzene rings is 1. The minimum Gasteiger partial charge on any atom is -0.484 e. The number of hydrogen-bond donors (Lipinski definition) is 3. The predicted molar refractivity (Wildman–Crippen MR) is 76.7 cm³/mol. The first kappa shape index (κ1) is 14.3. The van der Waals surface area contributed by atoms with E-state index >= 15 is 0 Å². The predicted octanol–water partition coefficient (Wildman–Crippen LogP) is 0.497. The third-order valence-electron chi connectivity index (χ3n) is 2.61. The van der Waals surface area contributed by atoms with Crippen molar-refractivity contribution in [2.24, 2.45) is 5.92 Å². The average molecular weight is 293 g/mol. The topological polar surface area (TPSA) is 79.5 Å². The van der Waals surface area contributed by atoms with Crippen LogP contribution in [0.15, 0.2) is 30.3 Å². The molecule has 1 saturated carbocycles. The van der Waals surface area contributed by atoms with Crippen LogP contribution in [-0.4, -0.2) is 23.5 Å². The molecule has 106 valence electrons. The summed E-state index contributed by atoms with van der Waals surface area (Å²) < 4.78 is 5.25. The lowest BCUT2D eigenvalue weighted by Crippen LogP contribution is -2.50.